The number of anilines is 1. The van der Waals surface area contributed by atoms with E-state index in [1.807, 2.05) is 30.1 Å². The number of benzene rings is 1. The van der Waals surface area contributed by atoms with Crippen molar-refractivity contribution in [2.24, 2.45) is 12.8 Å². The van der Waals surface area contributed by atoms with Gasteiger partial charge in [-0.1, -0.05) is 24.3 Å². The summed E-state index contributed by atoms with van der Waals surface area (Å²) in [5.74, 6) is 0. The number of nitrogens with two attached hydrogens (primary N) is 1. The molecule has 0 spiro atoms. The molecule has 4 nitrogen and oxygen atoms in total. The van der Waals surface area contributed by atoms with Crippen LogP contribution < -0.4 is 11.1 Å². The van der Waals surface area contributed by atoms with E-state index in [2.05, 4.69) is 29.5 Å². The Kier molecular flexibility index (Phi) is 3.44. The molecule has 0 aliphatic rings. The average molecular weight is 230 g/mol. The van der Waals surface area contributed by atoms with Crippen molar-refractivity contribution >= 4 is 5.69 Å². The second-order valence-corrected chi connectivity index (χ2v) is 4.06. The van der Waals surface area contributed by atoms with Gasteiger partial charge in [-0.05, 0) is 12.5 Å². The van der Waals surface area contributed by atoms with Crippen LogP contribution in [0.15, 0.2) is 30.5 Å². The van der Waals surface area contributed by atoms with Gasteiger partial charge in [0.15, 0.2) is 0 Å². The van der Waals surface area contributed by atoms with Gasteiger partial charge in [-0.3, -0.25) is 4.68 Å². The van der Waals surface area contributed by atoms with E-state index in [9.17, 15) is 0 Å². The molecule has 1 aromatic carbocycles. The number of hydrogen-bond donors (Lipinski definition) is 2. The summed E-state index contributed by atoms with van der Waals surface area (Å²) in [4.78, 5) is 0. The maximum absolute atomic E-state index is 5.51. The maximum Gasteiger partial charge on any atom is 0.0913 e. The van der Waals surface area contributed by atoms with E-state index >= 15 is 0 Å². The number of aromatic nitrogens is 2. The van der Waals surface area contributed by atoms with Crippen molar-refractivity contribution in [2.45, 2.75) is 6.92 Å². The van der Waals surface area contributed by atoms with Crippen LogP contribution in [-0.2, 0) is 7.05 Å². The lowest BCUT2D eigenvalue weighted by Crippen LogP contribution is -2.13. The van der Waals surface area contributed by atoms with E-state index in [4.69, 9.17) is 5.73 Å². The maximum atomic E-state index is 5.51. The Morgan fingerprint density at radius 2 is 2.12 bits per heavy atom. The Bertz CT molecular complexity index is 502. The summed E-state index contributed by atoms with van der Waals surface area (Å²) in [5.41, 5.74) is 10.1. The fourth-order valence-corrected chi connectivity index (χ4v) is 1.93. The molecule has 2 rings (SSSR count). The highest BCUT2D eigenvalue weighted by atomic mass is 15.3. The largest absolute Gasteiger partial charge is 0.381 e. The van der Waals surface area contributed by atoms with Crippen LogP contribution in [0.4, 0.5) is 5.69 Å². The summed E-state index contributed by atoms with van der Waals surface area (Å²) in [5, 5.41) is 7.60. The lowest BCUT2D eigenvalue weighted by atomic mass is 10.1. The predicted octanol–water partition coefficient (Wildman–Crippen LogP) is 1.77. The first kappa shape index (κ1) is 11.7. The molecule has 0 aliphatic carbocycles. The molecule has 3 N–H and O–H groups in total. The standard InChI is InChI=1S/C13H18N4/c1-10-5-3-4-6-11(10)13-12(15-8-7-14)9-16-17(13)2/h3-6,9,15H,7-8,14H2,1-2H3. The van der Waals surface area contributed by atoms with Crippen molar-refractivity contribution in [3.8, 4) is 11.3 Å². The lowest BCUT2D eigenvalue weighted by Gasteiger charge is -2.10. The average Bonchev–Trinajstić information content (AvgIpc) is 2.69. The first-order chi connectivity index (χ1) is 8.24. The van der Waals surface area contributed by atoms with E-state index in [0.717, 1.165) is 17.9 Å². The second kappa shape index (κ2) is 5.01. The Morgan fingerprint density at radius 3 is 2.82 bits per heavy atom. The summed E-state index contributed by atoms with van der Waals surface area (Å²) in [6.07, 6.45) is 1.84. The SMILES string of the molecule is Cc1ccccc1-c1c(NCCN)cnn1C. The van der Waals surface area contributed by atoms with E-state index in [-0.39, 0.29) is 0 Å². The van der Waals surface area contributed by atoms with Crippen LogP contribution in [0.1, 0.15) is 5.56 Å². The third kappa shape index (κ3) is 2.31. The topological polar surface area (TPSA) is 55.9 Å². The van der Waals surface area contributed by atoms with Gasteiger partial charge >= 0.3 is 0 Å². The van der Waals surface area contributed by atoms with Gasteiger partial charge in [0.05, 0.1) is 17.6 Å². The molecule has 0 unspecified atom stereocenters. The van der Waals surface area contributed by atoms with Crippen LogP contribution in [-0.4, -0.2) is 22.9 Å². The summed E-state index contributed by atoms with van der Waals surface area (Å²) in [6, 6.07) is 8.30. The number of rotatable bonds is 4. The zero-order chi connectivity index (χ0) is 12.3. The highest BCUT2D eigenvalue weighted by Crippen LogP contribution is 2.29. The van der Waals surface area contributed by atoms with Crippen molar-refractivity contribution in [3.63, 3.8) is 0 Å². The van der Waals surface area contributed by atoms with Crippen molar-refractivity contribution in [1.29, 1.82) is 0 Å². The molecular weight excluding hydrogens is 212 g/mol. The lowest BCUT2D eigenvalue weighted by molar-refractivity contribution is 0.775. The molecule has 0 saturated carbocycles. The zero-order valence-electron chi connectivity index (χ0n) is 10.3. The first-order valence-electron chi connectivity index (χ1n) is 5.76. The third-order valence-corrected chi connectivity index (χ3v) is 2.80. The molecule has 0 bridgehead atoms. The Morgan fingerprint density at radius 1 is 1.35 bits per heavy atom. The van der Waals surface area contributed by atoms with Gasteiger partial charge in [0, 0.05) is 25.7 Å². The number of hydrogen-bond acceptors (Lipinski definition) is 3. The molecule has 17 heavy (non-hydrogen) atoms. The molecule has 2 aromatic rings. The molecule has 0 atom stereocenters. The highest BCUT2D eigenvalue weighted by molar-refractivity contribution is 5.76. The molecule has 0 saturated heterocycles. The smallest absolute Gasteiger partial charge is 0.0913 e. The molecule has 4 heteroatoms. The Hall–Kier alpha value is -1.81. The summed E-state index contributed by atoms with van der Waals surface area (Å²) < 4.78 is 1.89. The van der Waals surface area contributed by atoms with Crippen LogP contribution in [0.25, 0.3) is 11.3 Å². The van der Waals surface area contributed by atoms with E-state index < -0.39 is 0 Å². The van der Waals surface area contributed by atoms with Gasteiger partial charge in [0.25, 0.3) is 0 Å². The normalized spacial score (nSPS) is 10.5. The molecule has 1 aromatic heterocycles. The predicted molar refractivity (Wildman–Crippen MR) is 70.9 cm³/mol. The van der Waals surface area contributed by atoms with Crippen molar-refractivity contribution in [1.82, 2.24) is 9.78 Å². The molecule has 0 fully saturated rings. The second-order valence-electron chi connectivity index (χ2n) is 4.06. The minimum absolute atomic E-state index is 0.613. The number of nitrogens with one attached hydrogen (secondary N) is 1. The van der Waals surface area contributed by atoms with Gasteiger partial charge in [0.2, 0.25) is 0 Å². The van der Waals surface area contributed by atoms with Crippen LogP contribution in [0.5, 0.6) is 0 Å². The van der Waals surface area contributed by atoms with E-state index in [1.165, 1.54) is 11.1 Å². The van der Waals surface area contributed by atoms with Crippen LogP contribution >= 0.6 is 0 Å². The number of nitrogens with zero attached hydrogens (tertiary/aromatic N) is 2. The van der Waals surface area contributed by atoms with Crippen molar-refractivity contribution in [3.05, 3.63) is 36.0 Å². The fraction of sp³-hybridized carbons (Fsp3) is 0.308. The van der Waals surface area contributed by atoms with Gasteiger partial charge in [-0.25, -0.2) is 0 Å². The Balaban J connectivity index is 2.44. The van der Waals surface area contributed by atoms with Gasteiger partial charge in [0.1, 0.15) is 0 Å². The summed E-state index contributed by atoms with van der Waals surface area (Å²) in [7, 11) is 1.95. The Labute approximate surface area is 101 Å². The quantitative estimate of drug-likeness (QED) is 0.841. The molecule has 1 heterocycles. The van der Waals surface area contributed by atoms with Crippen LogP contribution in [0.3, 0.4) is 0 Å². The molecule has 0 amide bonds. The minimum atomic E-state index is 0.613. The first-order valence-corrected chi connectivity index (χ1v) is 5.76. The summed E-state index contributed by atoms with van der Waals surface area (Å²) >= 11 is 0. The van der Waals surface area contributed by atoms with Crippen LogP contribution in [0, 0.1) is 6.92 Å². The molecule has 90 valence electrons. The molecular formula is C13H18N4. The fourth-order valence-electron chi connectivity index (χ4n) is 1.93. The number of aryl methyl sites for hydroxylation is 2. The van der Waals surface area contributed by atoms with Crippen molar-refractivity contribution < 1.29 is 0 Å². The van der Waals surface area contributed by atoms with E-state index in [1.54, 1.807) is 0 Å². The monoisotopic (exact) mass is 230 g/mol. The third-order valence-electron chi connectivity index (χ3n) is 2.80. The highest BCUT2D eigenvalue weighted by Gasteiger charge is 2.11. The van der Waals surface area contributed by atoms with Gasteiger partial charge < -0.3 is 11.1 Å². The van der Waals surface area contributed by atoms with Crippen LogP contribution in [0.2, 0.25) is 0 Å². The molecule has 0 radical (unpaired) electrons. The zero-order valence-corrected chi connectivity index (χ0v) is 10.3. The van der Waals surface area contributed by atoms with Gasteiger partial charge in [-0.2, -0.15) is 5.10 Å². The van der Waals surface area contributed by atoms with E-state index in [0.29, 0.717) is 6.54 Å². The van der Waals surface area contributed by atoms with Crippen molar-refractivity contribution in [2.75, 3.05) is 18.4 Å². The summed E-state index contributed by atoms with van der Waals surface area (Å²) in [6.45, 7) is 3.47. The van der Waals surface area contributed by atoms with Gasteiger partial charge in [-0.15, -0.1) is 0 Å². The minimum Gasteiger partial charge on any atom is -0.381 e. The molecule has 0 aliphatic heterocycles.